The molecule has 0 amide bonds. The predicted octanol–water partition coefficient (Wildman–Crippen LogP) is 3.77. The van der Waals surface area contributed by atoms with Crippen molar-refractivity contribution < 1.29 is 9.47 Å². The van der Waals surface area contributed by atoms with E-state index in [9.17, 15) is 0 Å². The first kappa shape index (κ1) is 25.9. The molecule has 6 nitrogen and oxygen atoms in total. The van der Waals surface area contributed by atoms with Gasteiger partial charge in [0, 0.05) is 43.0 Å². The van der Waals surface area contributed by atoms with Crippen LogP contribution in [0.5, 0.6) is 5.75 Å². The first-order chi connectivity index (χ1) is 14.6. The number of nitrogens with zero attached hydrogens (tertiary/aromatic N) is 2. The average molecular weight is 559 g/mol. The normalized spacial score (nSPS) is 15.8. The van der Waals surface area contributed by atoms with Crippen LogP contribution in [0, 0.1) is 13.8 Å². The van der Waals surface area contributed by atoms with Gasteiger partial charge in [-0.3, -0.25) is 9.89 Å². The lowest BCUT2D eigenvalue weighted by Gasteiger charge is -2.34. The summed E-state index contributed by atoms with van der Waals surface area (Å²) in [5.74, 6) is 1.77. The lowest BCUT2D eigenvalue weighted by Crippen LogP contribution is -2.46. The van der Waals surface area contributed by atoms with Crippen molar-refractivity contribution in [2.24, 2.45) is 4.99 Å². The number of benzene rings is 1. The van der Waals surface area contributed by atoms with Crippen LogP contribution in [0.4, 0.5) is 0 Å². The Kier molecular flexibility index (Phi) is 11.1. The van der Waals surface area contributed by atoms with E-state index in [0.29, 0.717) is 6.04 Å². The van der Waals surface area contributed by atoms with E-state index in [4.69, 9.17) is 9.47 Å². The summed E-state index contributed by atoms with van der Waals surface area (Å²) in [4.78, 5) is 9.66. The van der Waals surface area contributed by atoms with Gasteiger partial charge in [0.15, 0.2) is 5.96 Å². The molecule has 1 aliphatic rings. The van der Waals surface area contributed by atoms with E-state index in [0.717, 1.165) is 63.1 Å². The molecule has 31 heavy (non-hydrogen) atoms. The van der Waals surface area contributed by atoms with Gasteiger partial charge in [-0.05, 0) is 49.6 Å². The van der Waals surface area contributed by atoms with Gasteiger partial charge in [-0.1, -0.05) is 12.1 Å². The third-order valence-corrected chi connectivity index (χ3v) is 6.54. The number of methoxy groups -OCH3 is 1. The van der Waals surface area contributed by atoms with Gasteiger partial charge in [-0.15, -0.1) is 35.3 Å². The second-order valence-corrected chi connectivity index (χ2v) is 8.87. The summed E-state index contributed by atoms with van der Waals surface area (Å²) in [7, 11) is 3.54. The number of hydrogen-bond acceptors (Lipinski definition) is 5. The number of nitrogens with one attached hydrogen (secondary N) is 2. The molecule has 2 aromatic rings. The summed E-state index contributed by atoms with van der Waals surface area (Å²) in [6.07, 6.45) is 0.911. The highest BCUT2D eigenvalue weighted by Gasteiger charge is 2.24. The van der Waals surface area contributed by atoms with Crippen LogP contribution in [0.3, 0.4) is 0 Å². The average Bonchev–Trinajstić information content (AvgIpc) is 3.20. The molecule has 3 rings (SSSR count). The molecule has 1 unspecified atom stereocenters. The molecule has 8 heteroatoms. The topological polar surface area (TPSA) is 58.1 Å². The molecule has 1 aromatic heterocycles. The van der Waals surface area contributed by atoms with E-state index >= 15 is 0 Å². The van der Waals surface area contributed by atoms with Gasteiger partial charge in [0.1, 0.15) is 5.75 Å². The van der Waals surface area contributed by atoms with E-state index in [2.05, 4.69) is 64.7 Å². The van der Waals surface area contributed by atoms with Gasteiger partial charge in [0.05, 0.1) is 26.4 Å². The summed E-state index contributed by atoms with van der Waals surface area (Å²) < 4.78 is 11.0. The lowest BCUT2D eigenvalue weighted by atomic mass is 10.1. The van der Waals surface area contributed by atoms with Gasteiger partial charge in [-0.2, -0.15) is 0 Å². The molecule has 172 valence electrons. The first-order valence-electron chi connectivity index (χ1n) is 10.6. The smallest absolute Gasteiger partial charge is 0.191 e. The Morgan fingerprint density at radius 1 is 1.19 bits per heavy atom. The van der Waals surface area contributed by atoms with Crippen molar-refractivity contribution in [3.63, 3.8) is 0 Å². The summed E-state index contributed by atoms with van der Waals surface area (Å²) in [5.41, 5.74) is 2.41. The van der Waals surface area contributed by atoms with Gasteiger partial charge in [0.2, 0.25) is 0 Å². The first-order valence-corrected chi connectivity index (χ1v) is 11.4. The van der Waals surface area contributed by atoms with Crippen LogP contribution in [0.1, 0.15) is 26.9 Å². The van der Waals surface area contributed by atoms with Gasteiger partial charge in [-0.25, -0.2) is 0 Å². The predicted molar refractivity (Wildman–Crippen MR) is 140 cm³/mol. The monoisotopic (exact) mass is 558 g/mol. The second kappa shape index (κ2) is 13.2. The lowest BCUT2D eigenvalue weighted by molar-refractivity contribution is 0.0177. The molecular weight excluding hydrogens is 523 g/mol. The molecule has 1 fully saturated rings. The maximum Gasteiger partial charge on any atom is 0.191 e. The Hall–Kier alpha value is -1.36. The van der Waals surface area contributed by atoms with Crippen LogP contribution in [-0.4, -0.2) is 64.4 Å². The van der Waals surface area contributed by atoms with Crippen LogP contribution in [0.25, 0.3) is 0 Å². The molecule has 2 heterocycles. The van der Waals surface area contributed by atoms with Crippen LogP contribution in [0.2, 0.25) is 0 Å². The van der Waals surface area contributed by atoms with Crippen molar-refractivity contribution in [2.75, 3.05) is 53.6 Å². The van der Waals surface area contributed by atoms with Crippen LogP contribution < -0.4 is 15.4 Å². The third-order valence-electron chi connectivity index (χ3n) is 5.44. The van der Waals surface area contributed by atoms with Crippen molar-refractivity contribution in [3.05, 3.63) is 51.2 Å². The largest absolute Gasteiger partial charge is 0.496 e. The number of rotatable bonds is 8. The molecule has 1 aromatic carbocycles. The maximum absolute atomic E-state index is 5.55. The minimum Gasteiger partial charge on any atom is -0.496 e. The maximum atomic E-state index is 5.55. The Labute approximate surface area is 207 Å². The standard InChI is InChI=1S/C23H34N4O2S.HI/c1-17-5-7-19(15-21(17)28-4)9-10-25-23(24-3)26-16-20(22-8-6-18(2)30-22)27-11-13-29-14-12-27;/h5-8,15,20H,9-14,16H2,1-4H3,(H2,24,25,26);1H. The second-order valence-electron chi connectivity index (χ2n) is 7.55. The fraction of sp³-hybridized carbons (Fsp3) is 0.522. The van der Waals surface area contributed by atoms with E-state index in [1.165, 1.54) is 15.3 Å². The Bertz CT molecular complexity index is 837. The molecular formula is C23H35IN4O2S. The molecule has 0 saturated carbocycles. The van der Waals surface area contributed by atoms with Crippen molar-refractivity contribution >= 4 is 41.3 Å². The highest BCUT2D eigenvalue weighted by Crippen LogP contribution is 2.28. The van der Waals surface area contributed by atoms with E-state index in [1.807, 2.05) is 18.4 Å². The molecule has 0 radical (unpaired) electrons. The molecule has 1 atom stereocenters. The summed E-state index contributed by atoms with van der Waals surface area (Å²) in [6, 6.07) is 11.2. The Balaban J connectivity index is 0.00000341. The zero-order chi connectivity index (χ0) is 21.3. The fourth-order valence-corrected chi connectivity index (χ4v) is 4.70. The van der Waals surface area contributed by atoms with E-state index < -0.39 is 0 Å². The zero-order valence-electron chi connectivity index (χ0n) is 18.9. The number of halogens is 1. The minimum absolute atomic E-state index is 0. The van der Waals surface area contributed by atoms with Crippen LogP contribution in [0.15, 0.2) is 35.3 Å². The zero-order valence-corrected chi connectivity index (χ0v) is 22.1. The van der Waals surface area contributed by atoms with Gasteiger partial charge in [0.25, 0.3) is 0 Å². The van der Waals surface area contributed by atoms with Gasteiger partial charge < -0.3 is 20.1 Å². The number of ether oxygens (including phenoxy) is 2. The Morgan fingerprint density at radius 2 is 1.97 bits per heavy atom. The minimum atomic E-state index is 0. The molecule has 0 aliphatic carbocycles. The SMILES string of the molecule is CN=C(NCCc1ccc(C)c(OC)c1)NCC(c1ccc(C)s1)N1CCOCC1.I. The number of guanidine groups is 1. The number of hydrogen-bond donors (Lipinski definition) is 2. The number of aliphatic imine (C=N–C) groups is 1. The fourth-order valence-electron chi connectivity index (χ4n) is 3.69. The van der Waals surface area contributed by atoms with Gasteiger partial charge >= 0.3 is 0 Å². The molecule has 1 saturated heterocycles. The van der Waals surface area contributed by atoms with Crippen LogP contribution >= 0.6 is 35.3 Å². The highest BCUT2D eigenvalue weighted by molar-refractivity contribution is 14.0. The van der Waals surface area contributed by atoms with E-state index in [-0.39, 0.29) is 24.0 Å². The third kappa shape index (κ3) is 7.62. The van der Waals surface area contributed by atoms with Crippen molar-refractivity contribution in [1.29, 1.82) is 0 Å². The molecule has 0 spiro atoms. The number of aryl methyl sites for hydroxylation is 2. The summed E-state index contributed by atoms with van der Waals surface area (Å²) >= 11 is 1.87. The molecule has 0 bridgehead atoms. The van der Waals surface area contributed by atoms with Crippen molar-refractivity contribution in [1.82, 2.24) is 15.5 Å². The van der Waals surface area contributed by atoms with Crippen molar-refractivity contribution in [3.8, 4) is 5.75 Å². The summed E-state index contributed by atoms with van der Waals surface area (Å²) in [6.45, 7) is 9.38. The Morgan fingerprint density at radius 3 is 2.61 bits per heavy atom. The summed E-state index contributed by atoms with van der Waals surface area (Å²) in [5, 5.41) is 6.97. The van der Waals surface area contributed by atoms with Crippen molar-refractivity contribution in [2.45, 2.75) is 26.3 Å². The quantitative estimate of drug-likeness (QED) is 0.294. The number of morpholine rings is 1. The molecule has 2 N–H and O–H groups in total. The molecule has 1 aliphatic heterocycles. The van der Waals surface area contributed by atoms with Crippen LogP contribution in [-0.2, 0) is 11.2 Å². The number of thiophene rings is 1. The highest BCUT2D eigenvalue weighted by atomic mass is 127. The van der Waals surface area contributed by atoms with E-state index in [1.54, 1.807) is 7.11 Å².